The van der Waals surface area contributed by atoms with Gasteiger partial charge in [-0.05, 0) is 7.05 Å². The molecule has 3 heteroatoms. The number of likely N-dealkylation sites (N-methyl/N-ethyl adjacent to an activating group) is 1. The molecule has 80 valence electrons. The molecule has 0 amide bonds. The molecule has 1 aliphatic rings. The molecule has 0 aromatic rings. The van der Waals surface area contributed by atoms with Crippen molar-refractivity contribution in [3.63, 3.8) is 0 Å². The minimum absolute atomic E-state index is 0.140. The second-order valence-corrected chi connectivity index (χ2v) is 3.63. The Morgan fingerprint density at radius 2 is 2.21 bits per heavy atom. The molecule has 1 rings (SSSR count). The highest BCUT2D eigenvalue weighted by atomic mass is 16.5. The highest BCUT2D eigenvalue weighted by Gasteiger charge is 2.39. The van der Waals surface area contributed by atoms with E-state index >= 15 is 0 Å². The Kier molecular flexibility index (Phi) is 4.40. The smallest absolute Gasteiger partial charge is 0.0883 e. The number of rotatable bonds is 4. The summed E-state index contributed by atoms with van der Waals surface area (Å²) in [6, 6.07) is 0.224. The van der Waals surface area contributed by atoms with Gasteiger partial charge in [-0.3, -0.25) is 0 Å². The first kappa shape index (κ1) is 11.5. The van der Waals surface area contributed by atoms with Crippen LogP contribution in [0.1, 0.15) is 19.3 Å². The molecule has 0 saturated carbocycles. The van der Waals surface area contributed by atoms with Crippen LogP contribution in [0.4, 0.5) is 0 Å². The average Bonchev–Trinajstić information content (AvgIpc) is 2.27. The van der Waals surface area contributed by atoms with Crippen LogP contribution >= 0.6 is 0 Å². The van der Waals surface area contributed by atoms with Gasteiger partial charge in [-0.2, -0.15) is 0 Å². The van der Waals surface area contributed by atoms with Crippen LogP contribution in [0.5, 0.6) is 0 Å². The molecule has 3 nitrogen and oxygen atoms in total. The predicted molar refractivity (Wildman–Crippen MR) is 56.1 cm³/mol. The fourth-order valence-electron chi connectivity index (χ4n) is 2.08. The number of nitrogens with one attached hydrogen (secondary N) is 1. The number of terminal acetylenes is 1. The van der Waals surface area contributed by atoms with E-state index in [1.807, 2.05) is 7.05 Å². The summed E-state index contributed by atoms with van der Waals surface area (Å²) in [7, 11) is 3.68. The molecule has 1 heterocycles. The Labute approximate surface area is 86.2 Å². The summed E-state index contributed by atoms with van der Waals surface area (Å²) >= 11 is 0. The van der Waals surface area contributed by atoms with Gasteiger partial charge in [0.15, 0.2) is 0 Å². The van der Waals surface area contributed by atoms with Crippen molar-refractivity contribution in [3.8, 4) is 12.3 Å². The summed E-state index contributed by atoms with van der Waals surface area (Å²) in [5, 5.41) is 3.24. The van der Waals surface area contributed by atoms with Crippen LogP contribution < -0.4 is 5.32 Å². The lowest BCUT2D eigenvalue weighted by atomic mass is 9.84. The van der Waals surface area contributed by atoms with Crippen LogP contribution in [0.2, 0.25) is 0 Å². The zero-order valence-corrected chi connectivity index (χ0v) is 9.01. The van der Waals surface area contributed by atoms with Crippen LogP contribution in [0, 0.1) is 12.3 Å². The van der Waals surface area contributed by atoms with Gasteiger partial charge in [-0.15, -0.1) is 12.3 Å². The van der Waals surface area contributed by atoms with E-state index in [4.69, 9.17) is 15.9 Å². The fourth-order valence-corrected chi connectivity index (χ4v) is 2.08. The van der Waals surface area contributed by atoms with Gasteiger partial charge in [0.2, 0.25) is 0 Å². The molecule has 1 atom stereocenters. The second-order valence-electron chi connectivity index (χ2n) is 3.63. The minimum atomic E-state index is -0.140. The molecule has 1 N–H and O–H groups in total. The number of ether oxygens (including phenoxy) is 2. The lowest BCUT2D eigenvalue weighted by molar-refractivity contribution is -0.108. The molecule has 1 unspecified atom stereocenters. The van der Waals surface area contributed by atoms with Crippen molar-refractivity contribution in [2.45, 2.75) is 30.9 Å². The molecule has 0 aromatic heterocycles. The normalized spacial score (nSPS) is 22.6. The Morgan fingerprint density at radius 3 is 2.64 bits per heavy atom. The van der Waals surface area contributed by atoms with Crippen LogP contribution in [0.15, 0.2) is 0 Å². The summed E-state index contributed by atoms with van der Waals surface area (Å²) in [4.78, 5) is 0. The minimum Gasteiger partial charge on any atom is -0.381 e. The maximum Gasteiger partial charge on any atom is 0.0883 e. The Morgan fingerprint density at radius 1 is 1.57 bits per heavy atom. The summed E-state index contributed by atoms with van der Waals surface area (Å²) < 4.78 is 11.0. The molecule has 0 radical (unpaired) electrons. The predicted octanol–water partition coefficient (Wildman–Crippen LogP) is 0.793. The van der Waals surface area contributed by atoms with Crippen molar-refractivity contribution in [2.75, 3.05) is 27.4 Å². The standard InChI is InChI=1S/C11H19NO2/c1-4-5-10(12-2)11(13-3)6-8-14-9-7-11/h1,10,12H,5-9H2,2-3H3. The van der Waals surface area contributed by atoms with Crippen LogP contribution in [-0.2, 0) is 9.47 Å². The topological polar surface area (TPSA) is 30.5 Å². The highest BCUT2D eigenvalue weighted by molar-refractivity contribution is 5.01. The molecule has 1 aliphatic heterocycles. The van der Waals surface area contributed by atoms with E-state index in [1.54, 1.807) is 7.11 Å². The molecule has 0 spiro atoms. The van der Waals surface area contributed by atoms with E-state index in [9.17, 15) is 0 Å². The van der Waals surface area contributed by atoms with Crippen molar-refractivity contribution < 1.29 is 9.47 Å². The van der Waals surface area contributed by atoms with E-state index in [0.29, 0.717) is 6.42 Å². The van der Waals surface area contributed by atoms with E-state index in [2.05, 4.69) is 11.2 Å². The monoisotopic (exact) mass is 197 g/mol. The van der Waals surface area contributed by atoms with Crippen molar-refractivity contribution in [1.82, 2.24) is 5.32 Å². The Bertz CT molecular complexity index is 204. The lowest BCUT2D eigenvalue weighted by Crippen LogP contribution is -2.53. The third-order valence-corrected chi connectivity index (χ3v) is 3.05. The maximum absolute atomic E-state index is 5.65. The molecular formula is C11H19NO2. The van der Waals surface area contributed by atoms with Crippen molar-refractivity contribution in [1.29, 1.82) is 0 Å². The zero-order valence-electron chi connectivity index (χ0n) is 9.01. The third-order valence-electron chi connectivity index (χ3n) is 3.05. The number of methoxy groups -OCH3 is 1. The van der Waals surface area contributed by atoms with Crippen LogP contribution in [0.25, 0.3) is 0 Å². The molecule has 0 aromatic carbocycles. The van der Waals surface area contributed by atoms with Gasteiger partial charge in [-0.25, -0.2) is 0 Å². The van der Waals surface area contributed by atoms with E-state index in [0.717, 1.165) is 26.1 Å². The van der Waals surface area contributed by atoms with Crippen LogP contribution in [0.3, 0.4) is 0 Å². The summed E-state index contributed by atoms with van der Waals surface area (Å²) in [5.41, 5.74) is -0.140. The molecule has 14 heavy (non-hydrogen) atoms. The first-order valence-corrected chi connectivity index (χ1v) is 5.02. The summed E-state index contributed by atoms with van der Waals surface area (Å²) in [6.07, 6.45) is 7.87. The molecule has 0 bridgehead atoms. The van der Waals surface area contributed by atoms with Gasteiger partial charge < -0.3 is 14.8 Å². The third kappa shape index (κ3) is 2.27. The first-order chi connectivity index (χ1) is 6.79. The van der Waals surface area contributed by atoms with Crippen molar-refractivity contribution in [2.24, 2.45) is 0 Å². The van der Waals surface area contributed by atoms with Gasteiger partial charge in [0.05, 0.1) is 5.60 Å². The van der Waals surface area contributed by atoms with E-state index < -0.39 is 0 Å². The van der Waals surface area contributed by atoms with Gasteiger partial charge in [0.1, 0.15) is 0 Å². The largest absolute Gasteiger partial charge is 0.381 e. The van der Waals surface area contributed by atoms with Crippen molar-refractivity contribution >= 4 is 0 Å². The Hall–Kier alpha value is -0.560. The SMILES string of the molecule is C#CCC(NC)C1(OC)CCOCC1. The summed E-state index contributed by atoms with van der Waals surface area (Å²) in [6.45, 7) is 1.52. The summed E-state index contributed by atoms with van der Waals surface area (Å²) in [5.74, 6) is 2.69. The average molecular weight is 197 g/mol. The quantitative estimate of drug-likeness (QED) is 0.676. The second kappa shape index (κ2) is 5.35. The van der Waals surface area contributed by atoms with Gasteiger partial charge in [-0.1, -0.05) is 0 Å². The molecular weight excluding hydrogens is 178 g/mol. The zero-order chi connectivity index (χ0) is 10.4. The van der Waals surface area contributed by atoms with Crippen LogP contribution in [-0.4, -0.2) is 39.0 Å². The molecule has 1 saturated heterocycles. The highest BCUT2D eigenvalue weighted by Crippen LogP contribution is 2.29. The van der Waals surface area contributed by atoms with Crippen molar-refractivity contribution in [3.05, 3.63) is 0 Å². The lowest BCUT2D eigenvalue weighted by Gasteiger charge is -2.41. The molecule has 1 fully saturated rings. The van der Waals surface area contributed by atoms with E-state index in [-0.39, 0.29) is 11.6 Å². The number of hydrogen-bond donors (Lipinski definition) is 1. The Balaban J connectivity index is 2.69. The fraction of sp³-hybridized carbons (Fsp3) is 0.818. The van der Waals surface area contributed by atoms with Gasteiger partial charge >= 0.3 is 0 Å². The maximum atomic E-state index is 5.65. The van der Waals surface area contributed by atoms with E-state index in [1.165, 1.54) is 0 Å². The van der Waals surface area contributed by atoms with Gasteiger partial charge in [0, 0.05) is 45.6 Å². The van der Waals surface area contributed by atoms with Gasteiger partial charge in [0.25, 0.3) is 0 Å². The first-order valence-electron chi connectivity index (χ1n) is 5.02. The molecule has 0 aliphatic carbocycles. The number of hydrogen-bond acceptors (Lipinski definition) is 3.